The van der Waals surface area contributed by atoms with Gasteiger partial charge in [0.05, 0.1) is 11.9 Å². The molecule has 0 radical (unpaired) electrons. The number of pyridine rings is 1. The SMILES string of the molecule is CCC(NCCc1ccc(Cl)cc1)c1ccc(F)cn1. The van der Waals surface area contributed by atoms with Crippen LogP contribution in [0, 0.1) is 5.82 Å². The molecule has 0 saturated heterocycles. The zero-order valence-electron chi connectivity index (χ0n) is 11.4. The van der Waals surface area contributed by atoms with E-state index < -0.39 is 0 Å². The fourth-order valence-corrected chi connectivity index (χ4v) is 2.22. The summed E-state index contributed by atoms with van der Waals surface area (Å²) in [5.41, 5.74) is 2.12. The van der Waals surface area contributed by atoms with Crippen molar-refractivity contribution < 1.29 is 4.39 Å². The van der Waals surface area contributed by atoms with Crippen molar-refractivity contribution in [3.8, 4) is 0 Å². The highest BCUT2D eigenvalue weighted by molar-refractivity contribution is 6.30. The lowest BCUT2D eigenvalue weighted by molar-refractivity contribution is 0.508. The van der Waals surface area contributed by atoms with E-state index in [0.717, 1.165) is 30.1 Å². The van der Waals surface area contributed by atoms with Crippen molar-refractivity contribution in [3.05, 3.63) is 64.7 Å². The summed E-state index contributed by atoms with van der Waals surface area (Å²) < 4.78 is 12.9. The van der Waals surface area contributed by atoms with Gasteiger partial charge in [-0.25, -0.2) is 4.39 Å². The fourth-order valence-electron chi connectivity index (χ4n) is 2.09. The van der Waals surface area contributed by atoms with Crippen LogP contribution in [0.15, 0.2) is 42.6 Å². The van der Waals surface area contributed by atoms with E-state index in [0.29, 0.717) is 0 Å². The zero-order valence-corrected chi connectivity index (χ0v) is 12.2. The van der Waals surface area contributed by atoms with Gasteiger partial charge in [0.1, 0.15) is 5.82 Å². The van der Waals surface area contributed by atoms with Gasteiger partial charge in [0.25, 0.3) is 0 Å². The molecule has 1 unspecified atom stereocenters. The van der Waals surface area contributed by atoms with Crippen LogP contribution >= 0.6 is 11.6 Å². The molecule has 20 heavy (non-hydrogen) atoms. The third kappa shape index (κ3) is 4.29. The van der Waals surface area contributed by atoms with Gasteiger partial charge < -0.3 is 5.32 Å². The van der Waals surface area contributed by atoms with Crippen LogP contribution in [0.4, 0.5) is 4.39 Å². The standard InChI is InChI=1S/C16H18ClFN2/c1-2-15(16-8-7-14(18)11-20-16)19-10-9-12-3-5-13(17)6-4-12/h3-8,11,15,19H,2,9-10H2,1H3. The normalized spacial score (nSPS) is 12.3. The Morgan fingerprint density at radius 3 is 2.55 bits per heavy atom. The minimum absolute atomic E-state index is 0.155. The molecular formula is C16H18ClFN2. The maximum atomic E-state index is 12.9. The molecule has 0 bridgehead atoms. The molecule has 0 saturated carbocycles. The first-order chi connectivity index (χ1) is 9.69. The second-order valence-electron chi connectivity index (χ2n) is 4.69. The predicted molar refractivity (Wildman–Crippen MR) is 80.4 cm³/mol. The Bertz CT molecular complexity index is 525. The summed E-state index contributed by atoms with van der Waals surface area (Å²) in [7, 11) is 0. The molecule has 1 aromatic carbocycles. The van der Waals surface area contributed by atoms with Gasteiger partial charge in [-0.05, 0) is 49.2 Å². The van der Waals surface area contributed by atoms with Gasteiger partial charge in [-0.3, -0.25) is 4.98 Å². The van der Waals surface area contributed by atoms with Gasteiger partial charge in [-0.15, -0.1) is 0 Å². The molecule has 0 spiro atoms. The quantitative estimate of drug-likeness (QED) is 0.865. The van der Waals surface area contributed by atoms with Crippen LogP contribution in [-0.2, 0) is 6.42 Å². The van der Waals surface area contributed by atoms with Crippen molar-refractivity contribution in [2.24, 2.45) is 0 Å². The first kappa shape index (κ1) is 14.9. The summed E-state index contributed by atoms with van der Waals surface area (Å²) in [5.74, 6) is -0.301. The second-order valence-corrected chi connectivity index (χ2v) is 5.13. The van der Waals surface area contributed by atoms with Crippen LogP contribution in [0.1, 0.15) is 30.6 Å². The summed E-state index contributed by atoms with van der Waals surface area (Å²) in [6.45, 7) is 2.93. The zero-order chi connectivity index (χ0) is 14.4. The number of nitrogens with one attached hydrogen (secondary N) is 1. The smallest absolute Gasteiger partial charge is 0.141 e. The van der Waals surface area contributed by atoms with E-state index in [2.05, 4.69) is 17.2 Å². The highest BCUT2D eigenvalue weighted by Crippen LogP contribution is 2.14. The Kier molecular flexibility index (Phi) is 5.50. The van der Waals surface area contributed by atoms with Gasteiger partial charge in [0, 0.05) is 11.1 Å². The highest BCUT2D eigenvalue weighted by atomic mass is 35.5. The number of hydrogen-bond donors (Lipinski definition) is 1. The summed E-state index contributed by atoms with van der Waals surface area (Å²) in [6, 6.07) is 11.2. The molecule has 0 amide bonds. The maximum absolute atomic E-state index is 12.9. The van der Waals surface area contributed by atoms with E-state index in [1.807, 2.05) is 24.3 Å². The van der Waals surface area contributed by atoms with Crippen LogP contribution < -0.4 is 5.32 Å². The van der Waals surface area contributed by atoms with Crippen molar-refractivity contribution in [3.63, 3.8) is 0 Å². The molecule has 0 aliphatic rings. The number of aromatic nitrogens is 1. The molecule has 2 rings (SSSR count). The van der Waals surface area contributed by atoms with Crippen molar-refractivity contribution in [2.45, 2.75) is 25.8 Å². The van der Waals surface area contributed by atoms with Crippen LogP contribution in [0.25, 0.3) is 0 Å². The van der Waals surface area contributed by atoms with Gasteiger partial charge in [0.2, 0.25) is 0 Å². The van der Waals surface area contributed by atoms with Gasteiger partial charge in [0.15, 0.2) is 0 Å². The molecule has 0 fully saturated rings. The van der Waals surface area contributed by atoms with Crippen LogP contribution in [0.3, 0.4) is 0 Å². The molecule has 4 heteroatoms. The van der Waals surface area contributed by atoms with Gasteiger partial charge in [-0.2, -0.15) is 0 Å². The Balaban J connectivity index is 1.87. The molecule has 2 aromatic rings. The number of halogens is 2. The molecule has 0 aliphatic carbocycles. The number of benzene rings is 1. The van der Waals surface area contributed by atoms with E-state index in [1.165, 1.54) is 17.8 Å². The largest absolute Gasteiger partial charge is 0.308 e. The third-order valence-corrected chi connectivity index (χ3v) is 3.49. The lowest BCUT2D eigenvalue weighted by Gasteiger charge is -2.16. The summed E-state index contributed by atoms with van der Waals surface area (Å²) in [4.78, 5) is 4.13. The first-order valence-corrected chi connectivity index (χ1v) is 7.16. The summed E-state index contributed by atoms with van der Waals surface area (Å²) >= 11 is 5.86. The van der Waals surface area contributed by atoms with Gasteiger partial charge >= 0.3 is 0 Å². The van der Waals surface area contributed by atoms with Gasteiger partial charge in [-0.1, -0.05) is 30.7 Å². The van der Waals surface area contributed by atoms with Crippen molar-refractivity contribution >= 4 is 11.6 Å². The minimum Gasteiger partial charge on any atom is -0.308 e. The van der Waals surface area contributed by atoms with E-state index >= 15 is 0 Å². The lowest BCUT2D eigenvalue weighted by atomic mass is 10.1. The lowest BCUT2D eigenvalue weighted by Crippen LogP contribution is -2.24. The van der Waals surface area contributed by atoms with E-state index in [-0.39, 0.29) is 11.9 Å². The van der Waals surface area contributed by atoms with E-state index in [4.69, 9.17) is 11.6 Å². The van der Waals surface area contributed by atoms with Crippen LogP contribution in [-0.4, -0.2) is 11.5 Å². The monoisotopic (exact) mass is 292 g/mol. The molecule has 2 nitrogen and oxygen atoms in total. The van der Waals surface area contributed by atoms with Crippen molar-refractivity contribution in [2.75, 3.05) is 6.54 Å². The summed E-state index contributed by atoms with van der Waals surface area (Å²) in [6.07, 6.45) is 3.10. The Labute approximate surface area is 124 Å². The predicted octanol–water partition coefficient (Wildman–Crippen LogP) is 4.16. The molecule has 1 heterocycles. The molecule has 0 aliphatic heterocycles. The molecular weight excluding hydrogens is 275 g/mol. The second kappa shape index (κ2) is 7.36. The fraction of sp³-hybridized carbons (Fsp3) is 0.312. The number of nitrogens with zero attached hydrogens (tertiary/aromatic N) is 1. The maximum Gasteiger partial charge on any atom is 0.141 e. The topological polar surface area (TPSA) is 24.9 Å². The van der Waals surface area contributed by atoms with Crippen LogP contribution in [0.5, 0.6) is 0 Å². The number of rotatable bonds is 6. The van der Waals surface area contributed by atoms with Crippen molar-refractivity contribution in [1.29, 1.82) is 0 Å². The van der Waals surface area contributed by atoms with E-state index in [9.17, 15) is 4.39 Å². The Morgan fingerprint density at radius 1 is 1.20 bits per heavy atom. The Hall–Kier alpha value is -1.45. The highest BCUT2D eigenvalue weighted by Gasteiger charge is 2.09. The molecule has 1 N–H and O–H groups in total. The average Bonchev–Trinajstić information content (AvgIpc) is 2.47. The average molecular weight is 293 g/mol. The summed E-state index contributed by atoms with van der Waals surface area (Å²) in [5, 5.41) is 4.20. The number of hydrogen-bond acceptors (Lipinski definition) is 2. The van der Waals surface area contributed by atoms with E-state index in [1.54, 1.807) is 6.07 Å². The molecule has 1 aromatic heterocycles. The third-order valence-electron chi connectivity index (χ3n) is 3.23. The minimum atomic E-state index is -0.301. The molecule has 1 atom stereocenters. The molecule has 106 valence electrons. The van der Waals surface area contributed by atoms with Crippen molar-refractivity contribution in [1.82, 2.24) is 10.3 Å². The van der Waals surface area contributed by atoms with Crippen LogP contribution in [0.2, 0.25) is 5.02 Å². The first-order valence-electron chi connectivity index (χ1n) is 6.78. The Morgan fingerprint density at radius 2 is 1.95 bits per heavy atom.